The Balaban J connectivity index is 5.75. The highest BCUT2D eigenvalue weighted by Gasteiger charge is 2.85. The molecule has 0 aliphatic heterocycles. The predicted octanol–water partition coefficient (Wildman–Crippen LogP) is 2.42. The molecule has 0 heterocycles. The summed E-state index contributed by atoms with van der Waals surface area (Å²) < 4.78 is 111. The molecule has 0 aromatic carbocycles. The smallest absolute Gasteiger partial charge is 0.394 e. The van der Waals surface area contributed by atoms with Gasteiger partial charge in [-0.1, -0.05) is 0 Å². The maximum Gasteiger partial charge on any atom is 0.435 e. The molecule has 0 bridgehead atoms. The topological polar surface area (TPSA) is 29.5 Å². The van der Waals surface area contributed by atoms with Gasteiger partial charge in [-0.3, -0.25) is 0 Å². The van der Waals surface area contributed by atoms with Gasteiger partial charge in [-0.15, -0.1) is 0 Å². The van der Waals surface area contributed by atoms with E-state index in [9.17, 15) is 39.5 Å². The van der Waals surface area contributed by atoms with Gasteiger partial charge in [0.05, 0.1) is 13.2 Å². The SMILES string of the molecule is OCCOC(C(F)(F)F)(C(F)(F)F)C(F)(F)F. The average Bonchev–Trinajstić information content (AvgIpc) is 1.96. The summed E-state index contributed by atoms with van der Waals surface area (Å²) in [5.41, 5.74) is -6.30. The first-order valence-corrected chi connectivity index (χ1v) is 3.76. The van der Waals surface area contributed by atoms with Crippen LogP contribution in [0.1, 0.15) is 0 Å². The van der Waals surface area contributed by atoms with E-state index in [-0.39, 0.29) is 0 Å². The van der Waals surface area contributed by atoms with Gasteiger partial charge in [-0.25, -0.2) is 0 Å². The number of halogens is 9. The van der Waals surface area contributed by atoms with E-state index in [4.69, 9.17) is 5.11 Å². The Kier molecular flexibility index (Phi) is 4.33. The van der Waals surface area contributed by atoms with Crippen LogP contribution in [0.2, 0.25) is 0 Å². The van der Waals surface area contributed by atoms with E-state index < -0.39 is 37.3 Å². The molecule has 0 aromatic rings. The Morgan fingerprint density at radius 1 is 0.706 bits per heavy atom. The molecule has 0 spiro atoms. The summed E-state index contributed by atoms with van der Waals surface area (Å²) >= 11 is 0. The van der Waals surface area contributed by atoms with Gasteiger partial charge in [-0.05, 0) is 0 Å². The lowest BCUT2D eigenvalue weighted by Crippen LogP contribution is -2.67. The normalized spacial score (nSPS) is 15.2. The predicted molar refractivity (Wildman–Crippen MR) is 33.9 cm³/mol. The molecule has 0 radical (unpaired) electrons. The Hall–Kier alpha value is -0.710. The number of ether oxygens (including phenoxy) is 1. The second kappa shape index (κ2) is 4.52. The summed E-state index contributed by atoms with van der Waals surface area (Å²) in [6.07, 6.45) is -20.3. The van der Waals surface area contributed by atoms with Crippen molar-refractivity contribution in [3.8, 4) is 0 Å². The van der Waals surface area contributed by atoms with Crippen LogP contribution >= 0.6 is 0 Å². The molecular formula is C6H5F9O2. The van der Waals surface area contributed by atoms with Crippen LogP contribution < -0.4 is 0 Å². The van der Waals surface area contributed by atoms with Crippen molar-refractivity contribution >= 4 is 0 Å². The maximum atomic E-state index is 12.0. The van der Waals surface area contributed by atoms with Crippen molar-refractivity contribution in [2.45, 2.75) is 24.1 Å². The summed E-state index contributed by atoms with van der Waals surface area (Å²) in [6.45, 7) is -3.19. The molecule has 0 fully saturated rings. The van der Waals surface area contributed by atoms with Gasteiger partial charge in [0.25, 0.3) is 0 Å². The third kappa shape index (κ3) is 2.76. The first kappa shape index (κ1) is 16.3. The molecule has 0 aliphatic rings. The molecule has 0 aliphatic carbocycles. The molecular weight excluding hydrogens is 275 g/mol. The van der Waals surface area contributed by atoms with Crippen molar-refractivity contribution in [3.05, 3.63) is 0 Å². The van der Waals surface area contributed by atoms with Crippen LogP contribution in [0.15, 0.2) is 0 Å². The number of aliphatic hydroxyl groups is 1. The van der Waals surface area contributed by atoms with E-state index in [0.717, 1.165) is 0 Å². The molecule has 0 unspecified atom stereocenters. The van der Waals surface area contributed by atoms with Crippen LogP contribution in [-0.2, 0) is 4.74 Å². The standard InChI is InChI=1S/C6H5F9O2/c7-4(8,9)3(5(10,11)12,6(13,14)15)17-2-1-16/h16H,1-2H2. The maximum absolute atomic E-state index is 12.0. The van der Waals surface area contributed by atoms with E-state index in [2.05, 4.69) is 4.74 Å². The molecule has 1 N–H and O–H groups in total. The molecule has 0 atom stereocenters. The van der Waals surface area contributed by atoms with Crippen LogP contribution in [0.25, 0.3) is 0 Å². The third-order valence-corrected chi connectivity index (χ3v) is 1.61. The molecule has 0 rings (SSSR count). The Morgan fingerprint density at radius 2 is 1.00 bits per heavy atom. The molecule has 0 saturated carbocycles. The molecule has 0 aromatic heterocycles. The zero-order valence-electron chi connectivity index (χ0n) is 7.67. The first-order chi connectivity index (χ1) is 7.31. The van der Waals surface area contributed by atoms with Gasteiger partial charge in [0.2, 0.25) is 0 Å². The fraction of sp³-hybridized carbons (Fsp3) is 1.00. The largest absolute Gasteiger partial charge is 0.435 e. The van der Waals surface area contributed by atoms with E-state index in [0.29, 0.717) is 0 Å². The summed E-state index contributed by atoms with van der Waals surface area (Å²) in [5.74, 6) is 0. The average molecular weight is 280 g/mol. The van der Waals surface area contributed by atoms with Gasteiger partial charge in [0, 0.05) is 0 Å². The van der Waals surface area contributed by atoms with Crippen molar-refractivity contribution in [1.82, 2.24) is 0 Å². The molecule has 104 valence electrons. The van der Waals surface area contributed by atoms with Gasteiger partial charge in [-0.2, -0.15) is 39.5 Å². The van der Waals surface area contributed by atoms with Crippen LogP contribution in [0.5, 0.6) is 0 Å². The van der Waals surface area contributed by atoms with Gasteiger partial charge >= 0.3 is 24.1 Å². The van der Waals surface area contributed by atoms with Gasteiger partial charge < -0.3 is 9.84 Å². The lowest BCUT2D eigenvalue weighted by atomic mass is 10.0. The minimum Gasteiger partial charge on any atom is -0.394 e. The monoisotopic (exact) mass is 280 g/mol. The molecule has 11 heteroatoms. The Bertz CT molecular complexity index is 214. The number of hydrogen-bond acceptors (Lipinski definition) is 2. The fourth-order valence-electron chi connectivity index (χ4n) is 0.926. The van der Waals surface area contributed by atoms with Crippen molar-refractivity contribution in [2.24, 2.45) is 0 Å². The number of aliphatic hydroxyl groups excluding tert-OH is 1. The van der Waals surface area contributed by atoms with Crippen LogP contribution in [0.4, 0.5) is 39.5 Å². The quantitative estimate of drug-likeness (QED) is 0.804. The number of hydrogen-bond donors (Lipinski definition) is 1. The summed E-state index contributed by atoms with van der Waals surface area (Å²) in [6, 6.07) is 0. The van der Waals surface area contributed by atoms with E-state index in [1.807, 2.05) is 0 Å². The molecule has 17 heavy (non-hydrogen) atoms. The van der Waals surface area contributed by atoms with Crippen LogP contribution in [0, 0.1) is 0 Å². The highest BCUT2D eigenvalue weighted by molar-refractivity contribution is 5.02. The fourth-order valence-corrected chi connectivity index (χ4v) is 0.926. The number of alkyl halides is 9. The zero-order chi connectivity index (χ0) is 14.1. The summed E-state index contributed by atoms with van der Waals surface area (Å²) in [4.78, 5) is 0. The van der Waals surface area contributed by atoms with E-state index in [1.165, 1.54) is 0 Å². The van der Waals surface area contributed by atoms with Crippen LogP contribution in [0.3, 0.4) is 0 Å². The van der Waals surface area contributed by atoms with E-state index >= 15 is 0 Å². The van der Waals surface area contributed by atoms with E-state index in [1.54, 1.807) is 0 Å². The zero-order valence-corrected chi connectivity index (χ0v) is 7.67. The van der Waals surface area contributed by atoms with Crippen molar-refractivity contribution in [3.63, 3.8) is 0 Å². The first-order valence-electron chi connectivity index (χ1n) is 3.76. The van der Waals surface area contributed by atoms with Crippen molar-refractivity contribution < 1.29 is 49.4 Å². The Labute approximate surface area is 88.0 Å². The van der Waals surface area contributed by atoms with Gasteiger partial charge in [0.1, 0.15) is 0 Å². The lowest BCUT2D eigenvalue weighted by molar-refractivity contribution is -0.457. The van der Waals surface area contributed by atoms with Crippen molar-refractivity contribution in [1.29, 1.82) is 0 Å². The van der Waals surface area contributed by atoms with Crippen LogP contribution in [-0.4, -0.2) is 42.5 Å². The van der Waals surface area contributed by atoms with Gasteiger partial charge in [0.15, 0.2) is 0 Å². The second-order valence-electron chi connectivity index (χ2n) is 2.75. The lowest BCUT2D eigenvalue weighted by Gasteiger charge is -2.37. The highest BCUT2D eigenvalue weighted by Crippen LogP contribution is 2.54. The number of rotatable bonds is 3. The molecule has 0 amide bonds. The Morgan fingerprint density at radius 3 is 1.18 bits per heavy atom. The summed E-state index contributed by atoms with van der Waals surface area (Å²) in [7, 11) is 0. The third-order valence-electron chi connectivity index (χ3n) is 1.61. The molecule has 2 nitrogen and oxygen atoms in total. The minimum absolute atomic E-state index is 1.43. The highest BCUT2D eigenvalue weighted by atomic mass is 19.4. The van der Waals surface area contributed by atoms with Crippen molar-refractivity contribution in [2.75, 3.05) is 13.2 Å². The molecule has 0 saturated heterocycles. The summed E-state index contributed by atoms with van der Waals surface area (Å²) in [5, 5.41) is 8.00. The minimum atomic E-state index is -6.75. The second-order valence-corrected chi connectivity index (χ2v) is 2.75.